The van der Waals surface area contributed by atoms with Gasteiger partial charge in [0.1, 0.15) is 10.1 Å². The van der Waals surface area contributed by atoms with E-state index in [-0.39, 0.29) is 41.7 Å². The Morgan fingerprint density at radius 1 is 1.42 bits per heavy atom. The monoisotopic (exact) mass is 296 g/mol. The fourth-order valence-corrected chi connectivity index (χ4v) is 1.83. The Labute approximate surface area is 133 Å². The molecule has 0 aromatic heterocycles. The zero-order valence-electron chi connectivity index (χ0n) is 10.4. The second-order valence-electron chi connectivity index (χ2n) is 3.63. The Bertz CT molecular complexity index is 547. The minimum atomic E-state index is -4.51. The van der Waals surface area contributed by atoms with Crippen LogP contribution < -0.4 is 40.6 Å². The summed E-state index contributed by atoms with van der Waals surface area (Å²) < 4.78 is 32.2. The van der Waals surface area contributed by atoms with Crippen molar-refractivity contribution < 1.29 is 52.4 Å². The molecule has 0 bridgehead atoms. The maximum atomic E-state index is 10.7. The van der Waals surface area contributed by atoms with Gasteiger partial charge in [0.05, 0.1) is 16.3 Å². The van der Waals surface area contributed by atoms with E-state index in [1.807, 2.05) is 0 Å². The quantitative estimate of drug-likeness (QED) is 0.228. The van der Waals surface area contributed by atoms with Gasteiger partial charge in [0, 0.05) is 13.0 Å². The number of rotatable bonds is 6. The number of anilines is 2. The molecule has 1 aromatic carbocycles. The van der Waals surface area contributed by atoms with E-state index in [0.29, 0.717) is 18.7 Å². The van der Waals surface area contributed by atoms with Crippen LogP contribution in [0.3, 0.4) is 0 Å². The Hall–Kier alpha value is -0.800. The van der Waals surface area contributed by atoms with Gasteiger partial charge in [-0.1, -0.05) is 0 Å². The van der Waals surface area contributed by atoms with Gasteiger partial charge in [-0.3, -0.25) is 4.79 Å². The van der Waals surface area contributed by atoms with Crippen LogP contribution in [0.1, 0.15) is 12.8 Å². The van der Waals surface area contributed by atoms with Crippen LogP contribution >= 0.6 is 0 Å². The van der Waals surface area contributed by atoms with E-state index in [9.17, 15) is 17.8 Å². The molecule has 0 heterocycles. The second-order valence-corrected chi connectivity index (χ2v) is 5.01. The predicted octanol–water partition coefficient (Wildman–Crippen LogP) is -2.55. The summed E-state index contributed by atoms with van der Waals surface area (Å²) >= 11 is 0. The van der Waals surface area contributed by atoms with Gasteiger partial charge >= 0.3 is 35.5 Å². The van der Waals surface area contributed by atoms with Crippen molar-refractivity contribution in [2.24, 2.45) is 0 Å². The Balaban J connectivity index is 0.00000324. The number of hydrogen-bond acceptors (Lipinski definition) is 6. The minimum absolute atomic E-state index is 0. The van der Waals surface area contributed by atoms with Gasteiger partial charge in [0.25, 0.3) is 0 Å². The van der Waals surface area contributed by atoms with Crippen LogP contribution in [-0.2, 0) is 14.9 Å². The van der Waals surface area contributed by atoms with E-state index in [4.69, 9.17) is 10.8 Å². The minimum Gasteiger partial charge on any atom is -0.744 e. The van der Waals surface area contributed by atoms with Gasteiger partial charge in [-0.05, 0) is 24.6 Å². The Morgan fingerprint density at radius 3 is 2.53 bits per heavy atom. The smallest absolute Gasteiger partial charge is 0.744 e. The fraction of sp³-hybridized carbons (Fsp3) is 0.300. The first-order valence-corrected chi connectivity index (χ1v) is 6.52. The van der Waals surface area contributed by atoms with Gasteiger partial charge in [0.15, 0.2) is 0 Å². The predicted molar refractivity (Wildman–Crippen MR) is 64.2 cm³/mol. The molecule has 0 aliphatic carbocycles. The third-order valence-corrected chi connectivity index (χ3v) is 3.03. The first-order chi connectivity index (χ1) is 8.30. The van der Waals surface area contributed by atoms with Crippen LogP contribution in [-0.4, -0.2) is 30.6 Å². The normalized spacial score (nSPS) is 10.6. The molecule has 19 heavy (non-hydrogen) atoms. The average molecular weight is 296 g/mol. The maximum absolute atomic E-state index is 10.7. The molecule has 0 aliphatic rings. The molecule has 100 valence electrons. The van der Waals surface area contributed by atoms with Gasteiger partial charge in [-0.25, -0.2) is 8.42 Å². The summed E-state index contributed by atoms with van der Waals surface area (Å²) in [6.07, 6.45) is 0.441. The SMILES string of the molecule is Nc1cc(S(=O)(=O)[O-])ccc1NCCCC(=O)O.[Na+]. The van der Waals surface area contributed by atoms with Crippen molar-refractivity contribution >= 4 is 27.5 Å². The van der Waals surface area contributed by atoms with Gasteiger partial charge < -0.3 is 20.7 Å². The molecule has 7 nitrogen and oxygen atoms in total. The number of carboxylic acid groups (broad SMARTS) is 1. The van der Waals surface area contributed by atoms with Crippen LogP contribution in [0.2, 0.25) is 0 Å². The Morgan fingerprint density at radius 2 is 2.05 bits per heavy atom. The molecule has 0 radical (unpaired) electrons. The molecule has 0 unspecified atom stereocenters. The summed E-state index contributed by atoms with van der Waals surface area (Å²) in [6.45, 7) is 0.389. The molecule has 0 saturated carbocycles. The molecule has 0 amide bonds. The zero-order valence-corrected chi connectivity index (χ0v) is 13.2. The van der Waals surface area contributed by atoms with Crippen molar-refractivity contribution in [2.75, 3.05) is 17.6 Å². The van der Waals surface area contributed by atoms with E-state index in [1.54, 1.807) is 0 Å². The molecule has 0 saturated heterocycles. The summed E-state index contributed by atoms with van der Waals surface area (Å²) in [5, 5.41) is 11.3. The maximum Gasteiger partial charge on any atom is 1.00 e. The van der Waals surface area contributed by atoms with Crippen LogP contribution in [0.25, 0.3) is 0 Å². The zero-order chi connectivity index (χ0) is 13.8. The molecular formula is C10H13N2NaO5S. The molecule has 0 aliphatic heterocycles. The van der Waals surface area contributed by atoms with Crippen LogP contribution in [0.5, 0.6) is 0 Å². The molecule has 0 fully saturated rings. The summed E-state index contributed by atoms with van der Waals surface area (Å²) in [5.74, 6) is -0.891. The number of benzene rings is 1. The number of carbonyl (C=O) groups is 1. The van der Waals surface area contributed by atoms with Crippen molar-refractivity contribution in [3.8, 4) is 0 Å². The van der Waals surface area contributed by atoms with Crippen LogP contribution in [0, 0.1) is 0 Å². The summed E-state index contributed by atoms with van der Waals surface area (Å²) in [5.41, 5.74) is 6.17. The van der Waals surface area contributed by atoms with E-state index in [1.165, 1.54) is 6.07 Å². The standard InChI is InChI=1S/C10H14N2O5S.Na/c11-8-6-7(18(15,16)17)3-4-9(8)12-5-1-2-10(13)14;/h3-4,6,12H,1-2,5,11H2,(H,13,14)(H,15,16,17);/q;+1/p-1. The molecule has 0 spiro atoms. The molecule has 0 atom stereocenters. The molecular weight excluding hydrogens is 283 g/mol. The van der Waals surface area contributed by atoms with E-state index >= 15 is 0 Å². The van der Waals surface area contributed by atoms with Crippen molar-refractivity contribution in [3.05, 3.63) is 18.2 Å². The largest absolute Gasteiger partial charge is 1.00 e. The molecule has 9 heteroatoms. The van der Waals surface area contributed by atoms with Crippen molar-refractivity contribution in [3.63, 3.8) is 0 Å². The molecule has 1 aromatic rings. The fourth-order valence-electron chi connectivity index (χ4n) is 1.32. The number of aliphatic carboxylic acids is 1. The van der Waals surface area contributed by atoms with E-state index in [2.05, 4.69) is 5.32 Å². The summed E-state index contributed by atoms with van der Waals surface area (Å²) in [7, 11) is -4.51. The number of carboxylic acids is 1. The number of nitrogens with one attached hydrogen (secondary N) is 1. The molecule has 1 rings (SSSR count). The average Bonchev–Trinajstić information content (AvgIpc) is 2.24. The second kappa shape index (κ2) is 7.71. The molecule has 4 N–H and O–H groups in total. The van der Waals surface area contributed by atoms with Gasteiger partial charge in [-0.15, -0.1) is 0 Å². The van der Waals surface area contributed by atoms with Crippen LogP contribution in [0.15, 0.2) is 23.1 Å². The topological polar surface area (TPSA) is 133 Å². The number of nitrogen functional groups attached to an aromatic ring is 1. The van der Waals surface area contributed by atoms with Crippen LogP contribution in [0.4, 0.5) is 11.4 Å². The van der Waals surface area contributed by atoms with E-state index in [0.717, 1.165) is 12.1 Å². The first kappa shape index (κ1) is 18.2. The Kier molecular flexibility index (Phi) is 7.38. The summed E-state index contributed by atoms with van der Waals surface area (Å²) in [6, 6.07) is 3.60. The summed E-state index contributed by atoms with van der Waals surface area (Å²) in [4.78, 5) is 9.89. The van der Waals surface area contributed by atoms with E-state index < -0.39 is 21.0 Å². The third-order valence-electron chi connectivity index (χ3n) is 2.19. The van der Waals surface area contributed by atoms with Crippen molar-refractivity contribution in [1.82, 2.24) is 0 Å². The van der Waals surface area contributed by atoms with Crippen molar-refractivity contribution in [1.29, 1.82) is 0 Å². The van der Waals surface area contributed by atoms with Gasteiger partial charge in [0.2, 0.25) is 0 Å². The number of nitrogens with two attached hydrogens (primary N) is 1. The third kappa shape index (κ3) is 6.26. The van der Waals surface area contributed by atoms with Crippen molar-refractivity contribution in [2.45, 2.75) is 17.7 Å². The first-order valence-electron chi connectivity index (χ1n) is 5.12. The van der Waals surface area contributed by atoms with Gasteiger partial charge in [-0.2, -0.15) is 0 Å². The number of hydrogen-bond donors (Lipinski definition) is 3.